The highest BCUT2D eigenvalue weighted by Crippen LogP contribution is 2.28. The number of nitrogens with zero attached hydrogens (tertiary/aromatic N) is 1. The van der Waals surface area contributed by atoms with Gasteiger partial charge in [-0.2, -0.15) is 0 Å². The van der Waals surface area contributed by atoms with Crippen molar-refractivity contribution in [1.29, 1.82) is 0 Å². The summed E-state index contributed by atoms with van der Waals surface area (Å²) in [6.07, 6.45) is 6.66. The van der Waals surface area contributed by atoms with Crippen LogP contribution in [-0.2, 0) is 4.79 Å². The van der Waals surface area contributed by atoms with Crippen LogP contribution in [0.15, 0.2) is 12.2 Å². The van der Waals surface area contributed by atoms with Gasteiger partial charge in [-0.05, 0) is 31.8 Å². The molecule has 1 saturated carbocycles. The number of hydrogen-bond donors (Lipinski definition) is 3. The van der Waals surface area contributed by atoms with Crippen LogP contribution in [0.4, 0.5) is 0 Å². The second kappa shape index (κ2) is 13.8. The lowest BCUT2D eigenvalue weighted by Gasteiger charge is -2.29. The highest BCUT2D eigenvalue weighted by Gasteiger charge is 2.24. The SMILES string of the molecule is C=C(CC(O)C(N)CC1CCCCC1)C(=O)NCC(C)(C)CN(C)C.Cl.Cl. The maximum atomic E-state index is 12.2. The van der Waals surface area contributed by atoms with Crippen molar-refractivity contribution in [2.75, 3.05) is 27.2 Å². The Morgan fingerprint density at radius 3 is 2.33 bits per heavy atom. The van der Waals surface area contributed by atoms with Crippen LogP contribution in [0.1, 0.15) is 58.8 Å². The van der Waals surface area contributed by atoms with Crippen molar-refractivity contribution in [3.8, 4) is 0 Å². The smallest absolute Gasteiger partial charge is 0.246 e. The van der Waals surface area contributed by atoms with Crippen LogP contribution in [0.3, 0.4) is 0 Å². The van der Waals surface area contributed by atoms with Gasteiger partial charge in [-0.25, -0.2) is 0 Å². The second-order valence-electron chi connectivity index (χ2n) is 8.86. The summed E-state index contributed by atoms with van der Waals surface area (Å²) in [5.74, 6) is 0.433. The maximum absolute atomic E-state index is 12.2. The van der Waals surface area contributed by atoms with E-state index in [1.807, 2.05) is 14.1 Å². The zero-order chi connectivity index (χ0) is 19.0. The molecule has 0 aromatic rings. The van der Waals surface area contributed by atoms with Gasteiger partial charge in [0.15, 0.2) is 0 Å². The van der Waals surface area contributed by atoms with Gasteiger partial charge in [0.25, 0.3) is 0 Å². The molecule has 0 aromatic heterocycles. The van der Waals surface area contributed by atoms with E-state index in [4.69, 9.17) is 5.73 Å². The quantitative estimate of drug-likeness (QED) is 0.469. The Labute approximate surface area is 178 Å². The monoisotopic (exact) mass is 425 g/mol. The van der Waals surface area contributed by atoms with Crippen LogP contribution in [0.5, 0.6) is 0 Å². The normalized spacial score (nSPS) is 17.4. The van der Waals surface area contributed by atoms with E-state index in [1.165, 1.54) is 32.1 Å². The molecule has 0 radical (unpaired) electrons. The van der Waals surface area contributed by atoms with Crippen molar-refractivity contribution in [3.63, 3.8) is 0 Å². The Hall–Kier alpha value is -0.330. The first-order chi connectivity index (χ1) is 11.6. The fraction of sp³-hybridized carbons (Fsp3) is 0.850. The first-order valence-electron chi connectivity index (χ1n) is 9.65. The summed E-state index contributed by atoms with van der Waals surface area (Å²) in [5.41, 5.74) is 6.56. The van der Waals surface area contributed by atoms with Crippen molar-refractivity contribution in [2.24, 2.45) is 17.1 Å². The van der Waals surface area contributed by atoms with E-state index in [1.54, 1.807) is 0 Å². The van der Waals surface area contributed by atoms with Gasteiger partial charge in [0, 0.05) is 31.1 Å². The third-order valence-corrected chi connectivity index (χ3v) is 5.07. The molecule has 4 N–H and O–H groups in total. The van der Waals surface area contributed by atoms with Crippen molar-refractivity contribution in [2.45, 2.75) is 70.9 Å². The van der Waals surface area contributed by atoms with Crippen LogP contribution in [0.2, 0.25) is 0 Å². The number of carbonyl (C=O) groups is 1. The average molecular weight is 426 g/mol. The highest BCUT2D eigenvalue weighted by molar-refractivity contribution is 5.92. The van der Waals surface area contributed by atoms with E-state index in [2.05, 4.69) is 30.6 Å². The molecule has 1 aliphatic carbocycles. The fourth-order valence-corrected chi connectivity index (χ4v) is 3.82. The second-order valence-corrected chi connectivity index (χ2v) is 8.86. The minimum absolute atomic E-state index is 0. The van der Waals surface area contributed by atoms with Gasteiger partial charge in [0.2, 0.25) is 5.91 Å². The molecular weight excluding hydrogens is 385 g/mol. The first kappa shape index (κ1) is 28.9. The van der Waals surface area contributed by atoms with Crippen molar-refractivity contribution in [1.82, 2.24) is 10.2 Å². The number of aliphatic hydroxyl groups excluding tert-OH is 1. The average Bonchev–Trinajstić information content (AvgIpc) is 2.52. The Morgan fingerprint density at radius 2 is 1.81 bits per heavy atom. The molecule has 162 valence electrons. The summed E-state index contributed by atoms with van der Waals surface area (Å²) in [7, 11) is 4.04. The zero-order valence-corrected chi connectivity index (χ0v) is 19.1. The third kappa shape index (κ3) is 12.0. The molecular formula is C20H41Cl2N3O2. The summed E-state index contributed by atoms with van der Waals surface area (Å²) in [6.45, 7) is 9.54. The van der Waals surface area contributed by atoms with Gasteiger partial charge in [0.05, 0.1) is 6.10 Å². The number of nitrogens with one attached hydrogen (secondary N) is 1. The standard InChI is InChI=1S/C20H39N3O2.2ClH/c1-15(19(25)22-13-20(2,3)14-23(4)5)11-18(24)17(21)12-16-9-7-6-8-10-16;;/h16-18,24H,1,6-14,21H2,2-5H3,(H,22,25);2*1H. The summed E-state index contributed by atoms with van der Waals surface area (Å²) in [6, 6.07) is -0.280. The minimum atomic E-state index is -0.699. The van der Waals surface area contributed by atoms with E-state index in [0.29, 0.717) is 18.0 Å². The van der Waals surface area contributed by atoms with Crippen LogP contribution < -0.4 is 11.1 Å². The van der Waals surface area contributed by atoms with E-state index < -0.39 is 6.10 Å². The molecule has 1 rings (SSSR count). The predicted molar refractivity (Wildman–Crippen MR) is 119 cm³/mol. The van der Waals surface area contributed by atoms with Gasteiger partial charge >= 0.3 is 0 Å². The van der Waals surface area contributed by atoms with Crippen LogP contribution in [0, 0.1) is 11.3 Å². The largest absolute Gasteiger partial charge is 0.391 e. The summed E-state index contributed by atoms with van der Waals surface area (Å²) in [4.78, 5) is 14.4. The van der Waals surface area contributed by atoms with Crippen LogP contribution in [0.25, 0.3) is 0 Å². The molecule has 0 heterocycles. The molecule has 5 nitrogen and oxygen atoms in total. The lowest BCUT2D eigenvalue weighted by Crippen LogP contribution is -2.41. The van der Waals surface area contributed by atoms with Gasteiger partial charge in [0.1, 0.15) is 0 Å². The molecule has 7 heteroatoms. The van der Waals surface area contributed by atoms with Crippen molar-refractivity contribution < 1.29 is 9.90 Å². The Bertz CT molecular complexity index is 439. The number of halogens is 2. The topological polar surface area (TPSA) is 78.6 Å². The molecule has 0 saturated heterocycles. The van der Waals surface area contributed by atoms with Crippen molar-refractivity contribution in [3.05, 3.63) is 12.2 Å². The molecule has 1 aliphatic rings. The lowest BCUT2D eigenvalue weighted by atomic mass is 9.83. The van der Waals surface area contributed by atoms with E-state index in [0.717, 1.165) is 13.0 Å². The number of hydrogen-bond acceptors (Lipinski definition) is 4. The predicted octanol–water partition coefficient (Wildman–Crippen LogP) is 3.14. The number of carbonyl (C=O) groups excluding carboxylic acids is 1. The van der Waals surface area contributed by atoms with Gasteiger partial charge in [-0.3, -0.25) is 4.79 Å². The zero-order valence-electron chi connectivity index (χ0n) is 17.5. The molecule has 0 aromatic carbocycles. The van der Waals surface area contributed by atoms with Crippen LogP contribution >= 0.6 is 24.8 Å². The van der Waals surface area contributed by atoms with Gasteiger partial charge in [-0.1, -0.05) is 52.5 Å². The summed E-state index contributed by atoms with van der Waals surface area (Å²) < 4.78 is 0. The van der Waals surface area contributed by atoms with Gasteiger partial charge < -0.3 is 21.1 Å². The third-order valence-electron chi connectivity index (χ3n) is 5.07. The molecule has 1 fully saturated rings. The molecule has 27 heavy (non-hydrogen) atoms. The Morgan fingerprint density at radius 1 is 1.26 bits per heavy atom. The van der Waals surface area contributed by atoms with Gasteiger partial charge in [-0.15, -0.1) is 24.8 Å². The molecule has 2 atom stereocenters. The van der Waals surface area contributed by atoms with Crippen LogP contribution in [-0.4, -0.2) is 55.2 Å². The van der Waals surface area contributed by atoms with E-state index in [-0.39, 0.29) is 48.6 Å². The highest BCUT2D eigenvalue weighted by atomic mass is 35.5. The molecule has 0 aliphatic heterocycles. The lowest BCUT2D eigenvalue weighted by molar-refractivity contribution is -0.118. The first-order valence-corrected chi connectivity index (χ1v) is 9.65. The fourth-order valence-electron chi connectivity index (χ4n) is 3.82. The maximum Gasteiger partial charge on any atom is 0.246 e. The van der Waals surface area contributed by atoms with Crippen molar-refractivity contribution >= 4 is 30.7 Å². The Kier molecular flexibility index (Phi) is 14.7. The van der Waals surface area contributed by atoms with E-state index in [9.17, 15) is 9.90 Å². The number of nitrogens with two attached hydrogens (primary N) is 1. The number of rotatable bonds is 10. The number of aliphatic hydroxyl groups is 1. The molecule has 0 spiro atoms. The summed E-state index contributed by atoms with van der Waals surface area (Å²) in [5, 5.41) is 13.3. The molecule has 1 amide bonds. The van der Waals surface area contributed by atoms with E-state index >= 15 is 0 Å². The Balaban J connectivity index is 0. The number of amides is 1. The molecule has 2 unspecified atom stereocenters. The minimum Gasteiger partial charge on any atom is -0.391 e. The molecule has 0 bridgehead atoms. The summed E-state index contributed by atoms with van der Waals surface area (Å²) >= 11 is 0.